The number of phenols is 1. The normalized spacial score (nSPS) is 23.2. The molecule has 30 heavy (non-hydrogen) atoms. The zero-order chi connectivity index (χ0) is 20.8. The monoisotopic (exact) mass is 420 g/mol. The molecule has 2 aliphatic heterocycles. The summed E-state index contributed by atoms with van der Waals surface area (Å²) in [5, 5.41) is 11.8. The quantitative estimate of drug-likeness (QED) is 0.646. The van der Waals surface area contributed by atoms with Gasteiger partial charge in [0.25, 0.3) is 5.91 Å². The summed E-state index contributed by atoms with van der Waals surface area (Å²) in [4.78, 5) is 33.8. The van der Waals surface area contributed by atoms with Crippen molar-refractivity contribution in [1.29, 1.82) is 0 Å². The number of benzene rings is 3. The van der Waals surface area contributed by atoms with Crippen molar-refractivity contribution in [2.24, 2.45) is 5.92 Å². The van der Waals surface area contributed by atoms with E-state index >= 15 is 0 Å². The Morgan fingerprint density at radius 3 is 2.13 bits per heavy atom. The van der Waals surface area contributed by atoms with Crippen molar-refractivity contribution in [2.75, 3.05) is 9.96 Å². The molecule has 6 nitrogen and oxygen atoms in total. The number of imide groups is 1. The van der Waals surface area contributed by atoms with Crippen LogP contribution in [0.25, 0.3) is 0 Å². The maximum absolute atomic E-state index is 13.4. The van der Waals surface area contributed by atoms with Crippen molar-refractivity contribution < 1.29 is 19.5 Å². The fourth-order valence-corrected chi connectivity index (χ4v) is 4.19. The van der Waals surface area contributed by atoms with Gasteiger partial charge < -0.3 is 5.11 Å². The van der Waals surface area contributed by atoms with Crippen molar-refractivity contribution in [3.63, 3.8) is 0 Å². The SMILES string of the molecule is O=C1[C@@H]2[C@@H](c3ccc(O)cc3)N(c3ccccc3)O[C@H]2C(=O)N1c1ccc(Cl)cc1. The Morgan fingerprint density at radius 1 is 0.800 bits per heavy atom. The van der Waals surface area contributed by atoms with Gasteiger partial charge in [-0.3, -0.25) is 14.4 Å². The molecule has 2 amide bonds. The molecule has 1 N–H and O–H groups in total. The lowest BCUT2D eigenvalue weighted by atomic mass is 9.90. The molecule has 2 fully saturated rings. The second kappa shape index (κ2) is 7.16. The minimum Gasteiger partial charge on any atom is -0.508 e. The fourth-order valence-electron chi connectivity index (χ4n) is 4.07. The summed E-state index contributed by atoms with van der Waals surface area (Å²) in [6.07, 6.45) is -0.938. The van der Waals surface area contributed by atoms with Crippen molar-refractivity contribution in [1.82, 2.24) is 0 Å². The summed E-state index contributed by atoms with van der Waals surface area (Å²) in [7, 11) is 0. The number of para-hydroxylation sites is 1. The van der Waals surface area contributed by atoms with Gasteiger partial charge in [-0.05, 0) is 54.1 Å². The molecular formula is C23H17ClN2O4. The van der Waals surface area contributed by atoms with Crippen LogP contribution in [0.1, 0.15) is 11.6 Å². The van der Waals surface area contributed by atoms with Gasteiger partial charge in [0.1, 0.15) is 11.7 Å². The lowest BCUT2D eigenvalue weighted by molar-refractivity contribution is -0.126. The Labute approximate surface area is 177 Å². The molecule has 7 heteroatoms. The Kier molecular flexibility index (Phi) is 4.46. The Hall–Kier alpha value is -3.35. The van der Waals surface area contributed by atoms with Gasteiger partial charge in [-0.1, -0.05) is 41.9 Å². The molecule has 3 atom stereocenters. The van der Waals surface area contributed by atoms with Crippen LogP contribution >= 0.6 is 11.6 Å². The molecule has 0 aromatic heterocycles. The first-order chi connectivity index (χ1) is 14.5. The highest BCUT2D eigenvalue weighted by atomic mass is 35.5. The maximum Gasteiger partial charge on any atom is 0.266 e. The van der Waals surface area contributed by atoms with E-state index in [4.69, 9.17) is 16.4 Å². The summed E-state index contributed by atoms with van der Waals surface area (Å²) in [5.41, 5.74) is 1.97. The first-order valence-electron chi connectivity index (χ1n) is 9.48. The number of aromatic hydroxyl groups is 1. The molecule has 2 heterocycles. The van der Waals surface area contributed by atoms with Gasteiger partial charge in [0.05, 0.1) is 17.4 Å². The average Bonchev–Trinajstić information content (AvgIpc) is 3.27. The predicted octanol–water partition coefficient (Wildman–Crippen LogP) is 4.10. The third-order valence-electron chi connectivity index (χ3n) is 5.45. The van der Waals surface area contributed by atoms with Crippen LogP contribution in [-0.4, -0.2) is 23.0 Å². The molecule has 2 saturated heterocycles. The van der Waals surface area contributed by atoms with Crippen LogP contribution in [0.5, 0.6) is 5.75 Å². The molecule has 0 unspecified atom stereocenters. The highest BCUT2D eigenvalue weighted by Gasteiger charge is 2.60. The van der Waals surface area contributed by atoms with Crippen LogP contribution in [0, 0.1) is 5.92 Å². The van der Waals surface area contributed by atoms with Crippen LogP contribution in [0.3, 0.4) is 0 Å². The van der Waals surface area contributed by atoms with E-state index in [1.165, 1.54) is 4.90 Å². The molecule has 0 aliphatic carbocycles. The first kappa shape index (κ1) is 18.7. The van der Waals surface area contributed by atoms with Crippen molar-refractivity contribution in [3.8, 4) is 5.75 Å². The summed E-state index contributed by atoms with van der Waals surface area (Å²) in [6, 6.07) is 22.0. The molecule has 0 saturated carbocycles. The molecule has 2 aliphatic rings. The van der Waals surface area contributed by atoms with Gasteiger partial charge in [-0.25, -0.2) is 9.96 Å². The summed E-state index contributed by atoms with van der Waals surface area (Å²) in [5.74, 6) is -1.34. The molecule has 0 spiro atoms. The number of hydrogen-bond acceptors (Lipinski definition) is 5. The fraction of sp³-hybridized carbons (Fsp3) is 0.130. The molecule has 5 rings (SSSR count). The highest BCUT2D eigenvalue weighted by Crippen LogP contribution is 2.47. The second-order valence-electron chi connectivity index (χ2n) is 7.24. The molecule has 3 aromatic carbocycles. The highest BCUT2D eigenvalue weighted by molar-refractivity contribution is 6.31. The molecule has 3 aromatic rings. The van der Waals surface area contributed by atoms with Gasteiger partial charge in [0.15, 0.2) is 6.10 Å². The third-order valence-corrected chi connectivity index (χ3v) is 5.70. The minimum atomic E-state index is -0.938. The van der Waals surface area contributed by atoms with Crippen LogP contribution in [0.4, 0.5) is 11.4 Å². The van der Waals surface area contributed by atoms with Crippen LogP contribution in [0.15, 0.2) is 78.9 Å². The number of hydroxylamine groups is 1. The molecule has 150 valence electrons. The minimum absolute atomic E-state index is 0.122. The van der Waals surface area contributed by atoms with E-state index in [-0.39, 0.29) is 11.7 Å². The summed E-state index contributed by atoms with van der Waals surface area (Å²) in [6.45, 7) is 0. The van der Waals surface area contributed by atoms with Gasteiger partial charge in [0, 0.05) is 5.02 Å². The van der Waals surface area contributed by atoms with E-state index in [2.05, 4.69) is 0 Å². The van der Waals surface area contributed by atoms with Crippen LogP contribution in [-0.2, 0) is 14.4 Å². The van der Waals surface area contributed by atoms with E-state index in [1.54, 1.807) is 53.6 Å². The lowest BCUT2D eigenvalue weighted by Gasteiger charge is -2.28. The summed E-state index contributed by atoms with van der Waals surface area (Å²) < 4.78 is 0. The Morgan fingerprint density at radius 2 is 1.47 bits per heavy atom. The van der Waals surface area contributed by atoms with E-state index in [9.17, 15) is 14.7 Å². The smallest absolute Gasteiger partial charge is 0.266 e. The predicted molar refractivity (Wildman–Crippen MR) is 112 cm³/mol. The van der Waals surface area contributed by atoms with Crippen molar-refractivity contribution in [2.45, 2.75) is 12.1 Å². The van der Waals surface area contributed by atoms with Gasteiger partial charge >= 0.3 is 0 Å². The van der Waals surface area contributed by atoms with Crippen molar-refractivity contribution in [3.05, 3.63) is 89.4 Å². The maximum atomic E-state index is 13.4. The number of carbonyl (C=O) groups excluding carboxylic acids is 2. The molecule has 0 radical (unpaired) electrons. The zero-order valence-electron chi connectivity index (χ0n) is 15.7. The van der Waals surface area contributed by atoms with Crippen LogP contribution < -0.4 is 9.96 Å². The van der Waals surface area contributed by atoms with Gasteiger partial charge in [-0.2, -0.15) is 0 Å². The zero-order valence-corrected chi connectivity index (χ0v) is 16.4. The molecular weight excluding hydrogens is 404 g/mol. The number of halogens is 1. The topological polar surface area (TPSA) is 70.1 Å². The van der Waals surface area contributed by atoms with Crippen LogP contribution in [0.2, 0.25) is 5.02 Å². The Balaban J connectivity index is 1.58. The third kappa shape index (κ3) is 2.93. The lowest BCUT2D eigenvalue weighted by Crippen LogP contribution is -2.37. The standard InChI is InChI=1S/C23H17ClN2O4/c24-15-8-10-16(11-9-15)25-22(28)19-20(14-6-12-18(27)13-7-14)26(30-21(19)23(25)29)17-4-2-1-3-5-17/h1-13,19-21,27H/t19-,20-,21-/m1/s1. The number of rotatable bonds is 3. The van der Waals surface area contributed by atoms with Gasteiger partial charge in [-0.15, -0.1) is 0 Å². The van der Waals surface area contributed by atoms with Crippen molar-refractivity contribution >= 4 is 34.8 Å². The van der Waals surface area contributed by atoms with E-state index in [0.717, 1.165) is 11.3 Å². The van der Waals surface area contributed by atoms with E-state index in [0.29, 0.717) is 10.7 Å². The van der Waals surface area contributed by atoms with E-state index < -0.39 is 24.0 Å². The van der Waals surface area contributed by atoms with Gasteiger partial charge in [0.2, 0.25) is 5.91 Å². The Bertz CT molecular complexity index is 1100. The number of amides is 2. The largest absolute Gasteiger partial charge is 0.508 e. The first-order valence-corrected chi connectivity index (χ1v) is 9.86. The number of phenolic OH excluding ortho intramolecular Hbond substituents is 1. The summed E-state index contributed by atoms with van der Waals surface area (Å²) >= 11 is 5.95. The molecule has 0 bridgehead atoms. The number of hydrogen-bond donors (Lipinski definition) is 1. The average molecular weight is 421 g/mol. The van der Waals surface area contributed by atoms with E-state index in [1.807, 2.05) is 30.3 Å². The second-order valence-corrected chi connectivity index (χ2v) is 7.67. The number of fused-ring (bicyclic) bond motifs is 1. The number of carbonyl (C=O) groups is 2. The number of nitrogens with zero attached hydrogens (tertiary/aromatic N) is 2. The number of anilines is 2.